The number of hydrogen-bond donors (Lipinski definition) is 2. The predicted molar refractivity (Wildman–Crippen MR) is 80.4 cm³/mol. The molecule has 2 N–H and O–H groups in total. The molecule has 5 nitrogen and oxygen atoms in total. The van der Waals surface area contributed by atoms with E-state index in [1.165, 1.54) is 0 Å². The fourth-order valence-electron chi connectivity index (χ4n) is 2.40. The molecule has 1 aliphatic heterocycles. The van der Waals surface area contributed by atoms with Crippen LogP contribution in [-0.2, 0) is 9.47 Å². The smallest absolute Gasteiger partial charge is 0.0948 e. The van der Waals surface area contributed by atoms with Crippen LogP contribution in [0, 0.1) is 0 Å². The second kappa shape index (κ2) is 7.47. The zero-order valence-corrected chi connectivity index (χ0v) is 12.2. The molecule has 112 valence electrons. The van der Waals surface area contributed by atoms with Crippen molar-refractivity contribution in [2.45, 2.75) is 19.1 Å². The van der Waals surface area contributed by atoms with Gasteiger partial charge in [0.15, 0.2) is 0 Å². The second-order valence-corrected chi connectivity index (χ2v) is 5.12. The molecule has 0 amide bonds. The maximum Gasteiger partial charge on any atom is 0.0948 e. The molecule has 1 heterocycles. The summed E-state index contributed by atoms with van der Waals surface area (Å²) in [5, 5.41) is 13.5. The van der Waals surface area contributed by atoms with Crippen LogP contribution in [0.3, 0.4) is 0 Å². The number of anilines is 2. The maximum atomic E-state index is 10.1. The van der Waals surface area contributed by atoms with E-state index in [4.69, 9.17) is 9.47 Å². The molecular formula is C15H24N2O3. The van der Waals surface area contributed by atoms with E-state index < -0.39 is 6.10 Å². The molecule has 0 saturated heterocycles. The third kappa shape index (κ3) is 3.85. The maximum absolute atomic E-state index is 10.1. The van der Waals surface area contributed by atoms with Crippen molar-refractivity contribution in [2.24, 2.45) is 0 Å². The highest BCUT2D eigenvalue weighted by Crippen LogP contribution is 2.30. The first-order valence-corrected chi connectivity index (χ1v) is 7.06. The van der Waals surface area contributed by atoms with E-state index in [9.17, 15) is 5.11 Å². The number of hydrogen-bond acceptors (Lipinski definition) is 5. The Balaban J connectivity index is 1.91. The van der Waals surface area contributed by atoms with E-state index in [-0.39, 0.29) is 0 Å². The van der Waals surface area contributed by atoms with Crippen LogP contribution in [-0.4, -0.2) is 57.3 Å². The van der Waals surface area contributed by atoms with E-state index in [2.05, 4.69) is 29.3 Å². The van der Waals surface area contributed by atoms with Crippen LogP contribution in [0.25, 0.3) is 0 Å². The lowest BCUT2D eigenvalue weighted by Gasteiger charge is -2.38. The first-order valence-electron chi connectivity index (χ1n) is 7.06. The fourth-order valence-corrected chi connectivity index (χ4v) is 2.40. The summed E-state index contributed by atoms with van der Waals surface area (Å²) in [5.74, 6) is 0. The van der Waals surface area contributed by atoms with Crippen LogP contribution >= 0.6 is 0 Å². The average Bonchev–Trinajstić information content (AvgIpc) is 2.47. The van der Waals surface area contributed by atoms with Gasteiger partial charge in [-0.2, -0.15) is 0 Å². The first kappa shape index (κ1) is 15.1. The van der Waals surface area contributed by atoms with Crippen LogP contribution in [0.1, 0.15) is 6.92 Å². The van der Waals surface area contributed by atoms with Crippen molar-refractivity contribution in [1.29, 1.82) is 0 Å². The van der Waals surface area contributed by atoms with Gasteiger partial charge in [-0.15, -0.1) is 0 Å². The van der Waals surface area contributed by atoms with Crippen LogP contribution in [0.5, 0.6) is 0 Å². The number of benzene rings is 1. The number of aliphatic hydroxyl groups is 1. The number of β-amino-alcohol motifs (C(OH)–C–C–N with tert-alkyl or cyclic N) is 1. The van der Waals surface area contributed by atoms with Crippen molar-refractivity contribution >= 4 is 11.4 Å². The van der Waals surface area contributed by atoms with Gasteiger partial charge in [0.2, 0.25) is 0 Å². The van der Waals surface area contributed by atoms with Gasteiger partial charge in [-0.05, 0) is 19.1 Å². The van der Waals surface area contributed by atoms with Crippen LogP contribution in [0.4, 0.5) is 11.4 Å². The zero-order chi connectivity index (χ0) is 14.4. The van der Waals surface area contributed by atoms with Crippen molar-refractivity contribution in [1.82, 2.24) is 0 Å². The van der Waals surface area contributed by atoms with Gasteiger partial charge in [0, 0.05) is 26.2 Å². The Labute approximate surface area is 120 Å². The van der Waals surface area contributed by atoms with E-state index in [1.807, 2.05) is 12.1 Å². The summed E-state index contributed by atoms with van der Waals surface area (Å²) >= 11 is 0. The van der Waals surface area contributed by atoms with Crippen molar-refractivity contribution in [3.63, 3.8) is 0 Å². The zero-order valence-electron chi connectivity index (χ0n) is 12.2. The van der Waals surface area contributed by atoms with Crippen LogP contribution < -0.4 is 10.2 Å². The predicted octanol–water partition coefficient (Wildman–Crippen LogP) is 1.33. The van der Waals surface area contributed by atoms with Gasteiger partial charge in [0.25, 0.3) is 0 Å². The van der Waals surface area contributed by atoms with E-state index in [0.29, 0.717) is 32.4 Å². The standard InChI is InChI=1S/C15H24N2O3/c1-12-9-16-14-5-3-4-6-15(14)17(12)10-13(18)11-20-8-7-19-2/h3-6,12-13,16,18H,7-11H2,1-2H3. The third-order valence-corrected chi connectivity index (χ3v) is 3.48. The van der Waals surface area contributed by atoms with Gasteiger partial charge in [-0.25, -0.2) is 0 Å². The second-order valence-electron chi connectivity index (χ2n) is 5.12. The number of rotatable bonds is 7. The minimum Gasteiger partial charge on any atom is -0.389 e. The number of nitrogens with zero attached hydrogens (tertiary/aromatic N) is 1. The lowest BCUT2D eigenvalue weighted by Crippen LogP contribution is -2.46. The van der Waals surface area contributed by atoms with Gasteiger partial charge in [-0.3, -0.25) is 0 Å². The van der Waals surface area contributed by atoms with Crippen molar-refractivity contribution < 1.29 is 14.6 Å². The molecule has 0 aliphatic carbocycles. The average molecular weight is 280 g/mol. The van der Waals surface area contributed by atoms with E-state index in [0.717, 1.165) is 17.9 Å². The molecule has 0 bridgehead atoms. The van der Waals surface area contributed by atoms with Gasteiger partial charge in [0.1, 0.15) is 0 Å². The molecule has 1 aliphatic rings. The van der Waals surface area contributed by atoms with Gasteiger partial charge in [0.05, 0.1) is 37.3 Å². The monoisotopic (exact) mass is 280 g/mol. The molecule has 2 unspecified atom stereocenters. The Morgan fingerprint density at radius 2 is 2.20 bits per heavy atom. The molecule has 0 spiro atoms. The number of aliphatic hydroxyl groups excluding tert-OH is 1. The molecule has 1 aromatic carbocycles. The number of methoxy groups -OCH3 is 1. The highest BCUT2D eigenvalue weighted by molar-refractivity contribution is 5.72. The fraction of sp³-hybridized carbons (Fsp3) is 0.600. The summed E-state index contributed by atoms with van der Waals surface area (Å²) in [6.07, 6.45) is -0.500. The summed E-state index contributed by atoms with van der Waals surface area (Å²) in [6.45, 7) is 5.02. The molecule has 2 atom stereocenters. The minimum atomic E-state index is -0.500. The molecule has 0 radical (unpaired) electrons. The summed E-state index contributed by atoms with van der Waals surface area (Å²) in [6, 6.07) is 8.53. The number of para-hydroxylation sites is 2. The third-order valence-electron chi connectivity index (χ3n) is 3.48. The molecule has 1 aromatic rings. The lowest BCUT2D eigenvalue weighted by atomic mass is 10.1. The Kier molecular flexibility index (Phi) is 5.64. The number of fused-ring (bicyclic) bond motifs is 1. The Morgan fingerprint density at radius 1 is 1.40 bits per heavy atom. The van der Waals surface area contributed by atoms with Gasteiger partial charge in [-0.1, -0.05) is 12.1 Å². The Hall–Kier alpha value is -1.30. The Morgan fingerprint density at radius 3 is 3.00 bits per heavy atom. The van der Waals surface area contributed by atoms with Crippen molar-refractivity contribution in [2.75, 3.05) is 50.2 Å². The van der Waals surface area contributed by atoms with Gasteiger partial charge >= 0.3 is 0 Å². The van der Waals surface area contributed by atoms with Gasteiger partial charge < -0.3 is 24.8 Å². The number of ether oxygens (including phenoxy) is 2. The Bertz CT molecular complexity index is 414. The summed E-state index contributed by atoms with van der Waals surface area (Å²) < 4.78 is 10.3. The largest absolute Gasteiger partial charge is 0.389 e. The SMILES string of the molecule is COCCOCC(O)CN1c2ccccc2NCC1C. The highest BCUT2D eigenvalue weighted by atomic mass is 16.5. The normalized spacial score (nSPS) is 19.4. The molecular weight excluding hydrogens is 256 g/mol. The summed E-state index contributed by atoms with van der Waals surface area (Å²) in [5.41, 5.74) is 2.26. The molecule has 20 heavy (non-hydrogen) atoms. The summed E-state index contributed by atoms with van der Waals surface area (Å²) in [7, 11) is 1.64. The minimum absolute atomic E-state index is 0.335. The molecule has 2 rings (SSSR count). The van der Waals surface area contributed by atoms with Crippen LogP contribution in [0.15, 0.2) is 24.3 Å². The molecule has 0 fully saturated rings. The molecule has 0 saturated carbocycles. The summed E-state index contributed by atoms with van der Waals surface area (Å²) in [4.78, 5) is 2.23. The van der Waals surface area contributed by atoms with E-state index in [1.54, 1.807) is 7.11 Å². The van der Waals surface area contributed by atoms with Crippen LogP contribution in [0.2, 0.25) is 0 Å². The number of nitrogens with one attached hydrogen (secondary N) is 1. The molecule has 5 heteroatoms. The molecule has 0 aromatic heterocycles. The first-order chi connectivity index (χ1) is 9.72. The topological polar surface area (TPSA) is 54.0 Å². The van der Waals surface area contributed by atoms with E-state index >= 15 is 0 Å². The highest BCUT2D eigenvalue weighted by Gasteiger charge is 2.24. The lowest BCUT2D eigenvalue weighted by molar-refractivity contribution is 0.0156. The van der Waals surface area contributed by atoms with Crippen molar-refractivity contribution in [3.05, 3.63) is 24.3 Å². The van der Waals surface area contributed by atoms with Crippen molar-refractivity contribution in [3.8, 4) is 0 Å². The quantitative estimate of drug-likeness (QED) is 0.738.